The second-order valence-electron chi connectivity index (χ2n) is 6.33. The Morgan fingerprint density at radius 3 is 2.83 bits per heavy atom. The molecule has 2 aliphatic heterocycles. The summed E-state index contributed by atoms with van der Waals surface area (Å²) in [4.78, 5) is 25.8. The molecule has 0 aliphatic carbocycles. The molecule has 2 amide bonds. The van der Waals surface area contributed by atoms with Crippen molar-refractivity contribution < 1.29 is 14.3 Å². The van der Waals surface area contributed by atoms with E-state index in [-0.39, 0.29) is 23.8 Å². The number of nitrogens with one attached hydrogen (secondary N) is 1. The highest BCUT2D eigenvalue weighted by atomic mass is 16.5. The van der Waals surface area contributed by atoms with E-state index in [9.17, 15) is 9.59 Å². The van der Waals surface area contributed by atoms with Gasteiger partial charge < -0.3 is 15.0 Å². The number of hydrogen-bond acceptors (Lipinski definition) is 3. The molecule has 3 rings (SSSR count). The quantitative estimate of drug-likeness (QED) is 0.900. The molecule has 1 N–H and O–H groups in total. The van der Waals surface area contributed by atoms with Gasteiger partial charge in [0.2, 0.25) is 11.8 Å². The zero-order valence-corrected chi connectivity index (χ0v) is 13.5. The summed E-state index contributed by atoms with van der Waals surface area (Å²) in [5.41, 5.74) is 1.16. The van der Waals surface area contributed by atoms with Crippen LogP contribution in [0.3, 0.4) is 0 Å². The van der Waals surface area contributed by atoms with Crippen LogP contribution in [0.4, 0.5) is 0 Å². The summed E-state index contributed by atoms with van der Waals surface area (Å²) in [6.07, 6.45) is 1.34. The summed E-state index contributed by atoms with van der Waals surface area (Å²) in [6.45, 7) is 4.50. The average molecular weight is 316 g/mol. The fraction of sp³-hybridized carbons (Fsp3) is 0.556. The van der Waals surface area contributed by atoms with Gasteiger partial charge >= 0.3 is 0 Å². The van der Waals surface area contributed by atoms with Crippen LogP contribution in [-0.2, 0) is 14.3 Å². The van der Waals surface area contributed by atoms with E-state index in [1.165, 1.54) is 0 Å². The van der Waals surface area contributed by atoms with Crippen molar-refractivity contribution in [3.8, 4) is 0 Å². The Kier molecular flexibility index (Phi) is 4.96. The summed E-state index contributed by atoms with van der Waals surface area (Å²) in [6, 6.07) is 10.2. The van der Waals surface area contributed by atoms with Gasteiger partial charge in [0.1, 0.15) is 0 Å². The molecule has 3 atom stereocenters. The minimum atomic E-state index is -0.208. The Bertz CT molecular complexity index is 561. The number of ether oxygens (including phenoxy) is 1. The molecular formula is C18H24N2O3. The summed E-state index contributed by atoms with van der Waals surface area (Å²) < 4.78 is 5.85. The standard InChI is InChI=1S/C18H24N2O3/c1-2-20-12-15(10-16(20)21)18(22)19-11-14-8-9-23-17(14)13-6-4-3-5-7-13/h3-7,14-15,17H,2,8-12H2,1H3,(H,19,22)/t14-,15-,17-/m0/s1. The van der Waals surface area contributed by atoms with Gasteiger partial charge in [-0.1, -0.05) is 30.3 Å². The molecule has 0 bridgehead atoms. The second kappa shape index (κ2) is 7.13. The molecule has 2 heterocycles. The van der Waals surface area contributed by atoms with Crippen molar-refractivity contribution in [2.24, 2.45) is 11.8 Å². The number of likely N-dealkylation sites (tertiary alicyclic amines) is 1. The van der Waals surface area contributed by atoms with Crippen LogP contribution in [0.2, 0.25) is 0 Å². The number of nitrogens with zero attached hydrogens (tertiary/aromatic N) is 1. The molecule has 5 heteroatoms. The third kappa shape index (κ3) is 3.55. The maximum Gasteiger partial charge on any atom is 0.225 e. The van der Waals surface area contributed by atoms with E-state index >= 15 is 0 Å². The van der Waals surface area contributed by atoms with E-state index in [0.717, 1.165) is 18.6 Å². The zero-order valence-electron chi connectivity index (χ0n) is 13.5. The lowest BCUT2D eigenvalue weighted by atomic mass is 9.95. The number of hydrogen-bond donors (Lipinski definition) is 1. The third-order valence-corrected chi connectivity index (χ3v) is 4.85. The van der Waals surface area contributed by atoms with Gasteiger partial charge in [-0.2, -0.15) is 0 Å². The summed E-state index contributed by atoms with van der Waals surface area (Å²) in [5, 5.41) is 3.03. The number of carbonyl (C=O) groups is 2. The zero-order chi connectivity index (χ0) is 16.2. The van der Waals surface area contributed by atoms with Crippen molar-refractivity contribution in [2.75, 3.05) is 26.2 Å². The fourth-order valence-corrected chi connectivity index (χ4v) is 3.48. The monoisotopic (exact) mass is 316 g/mol. The molecule has 0 radical (unpaired) electrons. The topological polar surface area (TPSA) is 58.6 Å². The van der Waals surface area contributed by atoms with Crippen molar-refractivity contribution in [3.63, 3.8) is 0 Å². The van der Waals surface area contributed by atoms with E-state index in [1.807, 2.05) is 25.1 Å². The number of amides is 2. The molecule has 0 aromatic heterocycles. The van der Waals surface area contributed by atoms with Crippen LogP contribution in [-0.4, -0.2) is 43.0 Å². The molecule has 2 aliphatic rings. The highest BCUT2D eigenvalue weighted by molar-refractivity contribution is 5.89. The minimum Gasteiger partial charge on any atom is -0.373 e. The van der Waals surface area contributed by atoms with Crippen LogP contribution in [0.5, 0.6) is 0 Å². The van der Waals surface area contributed by atoms with Crippen LogP contribution >= 0.6 is 0 Å². The first-order valence-corrected chi connectivity index (χ1v) is 8.41. The fourth-order valence-electron chi connectivity index (χ4n) is 3.48. The molecule has 124 valence electrons. The molecule has 1 aromatic carbocycles. The number of rotatable bonds is 5. The van der Waals surface area contributed by atoms with Gasteiger partial charge in [0.15, 0.2) is 0 Å². The Morgan fingerprint density at radius 1 is 1.35 bits per heavy atom. The predicted octanol–water partition coefficient (Wildman–Crippen LogP) is 1.75. The summed E-state index contributed by atoms with van der Waals surface area (Å²) >= 11 is 0. The molecular weight excluding hydrogens is 292 g/mol. The first-order chi connectivity index (χ1) is 11.2. The Labute approximate surface area is 137 Å². The van der Waals surface area contributed by atoms with Crippen molar-refractivity contribution in [2.45, 2.75) is 25.9 Å². The Hall–Kier alpha value is -1.88. The number of benzene rings is 1. The highest BCUT2D eigenvalue weighted by Crippen LogP contribution is 2.34. The van der Waals surface area contributed by atoms with Crippen molar-refractivity contribution in [1.82, 2.24) is 10.2 Å². The van der Waals surface area contributed by atoms with Gasteiger partial charge in [-0.05, 0) is 18.9 Å². The third-order valence-electron chi connectivity index (χ3n) is 4.85. The van der Waals surface area contributed by atoms with Gasteiger partial charge in [0.05, 0.1) is 12.0 Å². The minimum absolute atomic E-state index is 0.00647. The molecule has 0 spiro atoms. The van der Waals surface area contributed by atoms with E-state index in [1.54, 1.807) is 4.90 Å². The second-order valence-corrected chi connectivity index (χ2v) is 6.33. The van der Waals surface area contributed by atoms with Gasteiger partial charge in [0.25, 0.3) is 0 Å². The first-order valence-electron chi connectivity index (χ1n) is 8.41. The Balaban J connectivity index is 1.54. The van der Waals surface area contributed by atoms with E-state index in [4.69, 9.17) is 4.74 Å². The maximum absolute atomic E-state index is 12.3. The summed E-state index contributed by atoms with van der Waals surface area (Å²) in [7, 11) is 0. The molecule has 5 nitrogen and oxygen atoms in total. The van der Waals surface area contributed by atoms with Gasteiger partial charge in [-0.25, -0.2) is 0 Å². The van der Waals surface area contributed by atoms with Crippen LogP contribution in [0, 0.1) is 11.8 Å². The van der Waals surface area contributed by atoms with Crippen molar-refractivity contribution in [3.05, 3.63) is 35.9 Å². The molecule has 1 aromatic rings. The van der Waals surface area contributed by atoms with E-state index in [2.05, 4.69) is 17.4 Å². The molecule has 0 saturated carbocycles. The van der Waals surface area contributed by atoms with Gasteiger partial charge in [0, 0.05) is 38.6 Å². The highest BCUT2D eigenvalue weighted by Gasteiger charge is 2.35. The molecule has 0 unspecified atom stereocenters. The normalized spacial score (nSPS) is 27.4. The van der Waals surface area contributed by atoms with E-state index < -0.39 is 0 Å². The maximum atomic E-state index is 12.3. The summed E-state index contributed by atoms with van der Waals surface area (Å²) in [5.74, 6) is 0.160. The lowest BCUT2D eigenvalue weighted by Crippen LogP contribution is -2.36. The van der Waals surface area contributed by atoms with Crippen LogP contribution in [0.25, 0.3) is 0 Å². The largest absolute Gasteiger partial charge is 0.373 e. The van der Waals surface area contributed by atoms with Crippen LogP contribution in [0.1, 0.15) is 31.4 Å². The van der Waals surface area contributed by atoms with Crippen LogP contribution < -0.4 is 5.32 Å². The first kappa shape index (κ1) is 16.0. The van der Waals surface area contributed by atoms with Crippen molar-refractivity contribution >= 4 is 11.8 Å². The average Bonchev–Trinajstić information content (AvgIpc) is 3.19. The lowest BCUT2D eigenvalue weighted by molar-refractivity contribution is -0.129. The number of carbonyl (C=O) groups excluding carboxylic acids is 2. The predicted molar refractivity (Wildman–Crippen MR) is 86.6 cm³/mol. The smallest absolute Gasteiger partial charge is 0.225 e. The lowest BCUT2D eigenvalue weighted by Gasteiger charge is -2.20. The van der Waals surface area contributed by atoms with Crippen molar-refractivity contribution in [1.29, 1.82) is 0 Å². The molecule has 2 fully saturated rings. The molecule has 23 heavy (non-hydrogen) atoms. The SMILES string of the molecule is CCN1C[C@@H](C(=O)NC[C@@H]2CCO[C@H]2c2ccccc2)CC1=O. The van der Waals surface area contributed by atoms with Crippen LogP contribution in [0.15, 0.2) is 30.3 Å². The Morgan fingerprint density at radius 2 is 2.13 bits per heavy atom. The van der Waals surface area contributed by atoms with Gasteiger partial charge in [-0.3, -0.25) is 9.59 Å². The van der Waals surface area contributed by atoms with Gasteiger partial charge in [-0.15, -0.1) is 0 Å². The molecule has 2 saturated heterocycles. The van der Waals surface area contributed by atoms with E-state index in [0.29, 0.717) is 32.0 Å².